The van der Waals surface area contributed by atoms with E-state index in [0.29, 0.717) is 0 Å². The highest BCUT2D eigenvalue weighted by atomic mass is 15.0. The third-order valence-electron chi connectivity index (χ3n) is 3.11. The first kappa shape index (κ1) is 12.5. The van der Waals surface area contributed by atoms with Crippen molar-refractivity contribution < 1.29 is 0 Å². The molecule has 100 valence electrons. The fraction of sp³-hybridized carbons (Fsp3) is 0.188. The maximum Gasteiger partial charge on any atom is 0.129 e. The van der Waals surface area contributed by atoms with E-state index in [1.807, 2.05) is 30.5 Å². The second kappa shape index (κ2) is 5.65. The van der Waals surface area contributed by atoms with E-state index in [2.05, 4.69) is 39.3 Å². The zero-order valence-corrected chi connectivity index (χ0v) is 11.4. The first-order valence-electron chi connectivity index (χ1n) is 6.78. The predicted molar refractivity (Wildman–Crippen MR) is 81.5 cm³/mol. The van der Waals surface area contributed by atoms with Gasteiger partial charge in [-0.15, -0.1) is 0 Å². The summed E-state index contributed by atoms with van der Waals surface area (Å²) >= 11 is 0. The van der Waals surface area contributed by atoms with Gasteiger partial charge in [0.1, 0.15) is 12.1 Å². The number of benzene rings is 1. The molecular formula is C16H16N4. The molecule has 0 fully saturated rings. The summed E-state index contributed by atoms with van der Waals surface area (Å²) < 4.78 is 0. The summed E-state index contributed by atoms with van der Waals surface area (Å²) in [6.45, 7) is 3.04. The minimum Gasteiger partial charge on any atom is -0.370 e. The van der Waals surface area contributed by atoms with E-state index in [-0.39, 0.29) is 0 Å². The molecule has 0 radical (unpaired) electrons. The van der Waals surface area contributed by atoms with Gasteiger partial charge in [-0.2, -0.15) is 0 Å². The van der Waals surface area contributed by atoms with Crippen LogP contribution in [0.4, 0.5) is 5.82 Å². The van der Waals surface area contributed by atoms with Gasteiger partial charge in [-0.25, -0.2) is 9.97 Å². The number of pyridine rings is 1. The third-order valence-corrected chi connectivity index (χ3v) is 3.11. The standard InChI is InChI=1S/C16H16N4/c1-2-7-17-16-9-15(19-11-20-16)13-8-12-5-3-4-6-14(12)18-10-13/h3-6,8-11H,2,7H2,1H3,(H,17,19,20). The molecule has 0 aliphatic rings. The Morgan fingerprint density at radius 3 is 2.85 bits per heavy atom. The van der Waals surface area contributed by atoms with Crippen LogP contribution in [0.1, 0.15) is 13.3 Å². The molecule has 0 aliphatic carbocycles. The molecule has 2 aromatic heterocycles. The summed E-state index contributed by atoms with van der Waals surface area (Å²) in [5.74, 6) is 0.852. The fourth-order valence-corrected chi connectivity index (χ4v) is 2.08. The Hall–Kier alpha value is -2.49. The average molecular weight is 264 g/mol. The van der Waals surface area contributed by atoms with Crippen LogP contribution >= 0.6 is 0 Å². The molecule has 1 aromatic carbocycles. The molecule has 0 spiro atoms. The smallest absolute Gasteiger partial charge is 0.129 e. The van der Waals surface area contributed by atoms with Crippen LogP contribution in [0.2, 0.25) is 0 Å². The largest absolute Gasteiger partial charge is 0.370 e. The first-order chi connectivity index (χ1) is 9.86. The van der Waals surface area contributed by atoms with Crippen LogP contribution in [-0.2, 0) is 0 Å². The number of anilines is 1. The normalized spacial score (nSPS) is 10.7. The van der Waals surface area contributed by atoms with Crippen molar-refractivity contribution in [3.63, 3.8) is 0 Å². The second-order valence-electron chi connectivity index (χ2n) is 4.63. The van der Waals surface area contributed by atoms with Crippen molar-refractivity contribution in [1.82, 2.24) is 15.0 Å². The monoisotopic (exact) mass is 264 g/mol. The lowest BCUT2D eigenvalue weighted by molar-refractivity contribution is 0.965. The Kier molecular flexibility index (Phi) is 3.54. The number of hydrogen-bond acceptors (Lipinski definition) is 4. The molecule has 4 heteroatoms. The third kappa shape index (κ3) is 2.59. The Morgan fingerprint density at radius 1 is 1.05 bits per heavy atom. The van der Waals surface area contributed by atoms with E-state index < -0.39 is 0 Å². The van der Waals surface area contributed by atoms with Gasteiger partial charge in [-0.1, -0.05) is 25.1 Å². The molecule has 0 bridgehead atoms. The minimum absolute atomic E-state index is 0.852. The van der Waals surface area contributed by atoms with Crippen LogP contribution in [0.5, 0.6) is 0 Å². The van der Waals surface area contributed by atoms with Crippen LogP contribution in [0.15, 0.2) is 48.9 Å². The lowest BCUT2D eigenvalue weighted by Crippen LogP contribution is -2.02. The Morgan fingerprint density at radius 2 is 1.95 bits per heavy atom. The van der Waals surface area contributed by atoms with E-state index in [4.69, 9.17) is 0 Å². The number of para-hydroxylation sites is 1. The van der Waals surface area contributed by atoms with E-state index in [0.717, 1.165) is 40.9 Å². The van der Waals surface area contributed by atoms with Crippen molar-refractivity contribution >= 4 is 16.7 Å². The van der Waals surface area contributed by atoms with Crippen LogP contribution in [0.25, 0.3) is 22.2 Å². The second-order valence-corrected chi connectivity index (χ2v) is 4.63. The molecule has 0 atom stereocenters. The molecule has 20 heavy (non-hydrogen) atoms. The molecule has 3 rings (SSSR count). The molecule has 4 nitrogen and oxygen atoms in total. The van der Waals surface area contributed by atoms with Crippen LogP contribution in [0.3, 0.4) is 0 Å². The molecule has 3 aromatic rings. The number of rotatable bonds is 4. The van der Waals surface area contributed by atoms with E-state index in [9.17, 15) is 0 Å². The zero-order valence-electron chi connectivity index (χ0n) is 11.4. The molecule has 1 N–H and O–H groups in total. The van der Waals surface area contributed by atoms with E-state index >= 15 is 0 Å². The maximum absolute atomic E-state index is 4.47. The molecule has 0 saturated heterocycles. The summed E-state index contributed by atoms with van der Waals surface area (Å²) in [5, 5.41) is 4.39. The Bertz CT molecular complexity index is 724. The Labute approximate surface area is 117 Å². The van der Waals surface area contributed by atoms with Gasteiger partial charge in [0.15, 0.2) is 0 Å². The van der Waals surface area contributed by atoms with Crippen LogP contribution in [-0.4, -0.2) is 21.5 Å². The zero-order chi connectivity index (χ0) is 13.8. The van der Waals surface area contributed by atoms with Gasteiger partial charge in [-0.3, -0.25) is 4.98 Å². The Balaban J connectivity index is 1.97. The molecule has 0 aliphatic heterocycles. The lowest BCUT2D eigenvalue weighted by Gasteiger charge is -2.06. The molecule has 0 unspecified atom stereocenters. The highest BCUT2D eigenvalue weighted by Gasteiger charge is 2.03. The SMILES string of the molecule is CCCNc1cc(-c2cnc3ccccc3c2)ncn1. The summed E-state index contributed by atoms with van der Waals surface area (Å²) in [7, 11) is 0. The highest BCUT2D eigenvalue weighted by molar-refractivity contribution is 5.82. The van der Waals surface area contributed by atoms with Gasteiger partial charge in [0.25, 0.3) is 0 Å². The fourth-order valence-electron chi connectivity index (χ4n) is 2.08. The van der Waals surface area contributed by atoms with Crippen LogP contribution < -0.4 is 5.32 Å². The van der Waals surface area contributed by atoms with Gasteiger partial charge in [0, 0.05) is 29.8 Å². The summed E-state index contributed by atoms with van der Waals surface area (Å²) in [6.07, 6.45) is 4.51. The van der Waals surface area contributed by atoms with Crippen molar-refractivity contribution in [2.24, 2.45) is 0 Å². The highest BCUT2D eigenvalue weighted by Crippen LogP contribution is 2.22. The van der Waals surface area contributed by atoms with Crippen molar-refractivity contribution in [2.75, 3.05) is 11.9 Å². The van der Waals surface area contributed by atoms with Crippen molar-refractivity contribution in [1.29, 1.82) is 0 Å². The topological polar surface area (TPSA) is 50.7 Å². The van der Waals surface area contributed by atoms with Crippen molar-refractivity contribution in [2.45, 2.75) is 13.3 Å². The van der Waals surface area contributed by atoms with Gasteiger partial charge < -0.3 is 5.32 Å². The van der Waals surface area contributed by atoms with Gasteiger partial charge >= 0.3 is 0 Å². The van der Waals surface area contributed by atoms with Crippen LogP contribution in [0, 0.1) is 0 Å². The number of aromatic nitrogens is 3. The maximum atomic E-state index is 4.47. The van der Waals surface area contributed by atoms with Crippen molar-refractivity contribution in [3.05, 3.63) is 48.9 Å². The van der Waals surface area contributed by atoms with Gasteiger partial charge in [0.2, 0.25) is 0 Å². The summed E-state index contributed by atoms with van der Waals surface area (Å²) in [4.78, 5) is 13.0. The number of hydrogen-bond donors (Lipinski definition) is 1. The molecule has 2 heterocycles. The molecule has 0 amide bonds. The molecular weight excluding hydrogens is 248 g/mol. The van der Waals surface area contributed by atoms with E-state index in [1.54, 1.807) is 6.33 Å². The number of nitrogens with one attached hydrogen (secondary N) is 1. The summed E-state index contributed by atoms with van der Waals surface area (Å²) in [6, 6.07) is 12.1. The first-order valence-corrected chi connectivity index (χ1v) is 6.78. The number of nitrogens with zero attached hydrogens (tertiary/aromatic N) is 3. The average Bonchev–Trinajstić information content (AvgIpc) is 2.53. The van der Waals surface area contributed by atoms with Gasteiger partial charge in [-0.05, 0) is 18.6 Å². The lowest BCUT2D eigenvalue weighted by atomic mass is 10.1. The minimum atomic E-state index is 0.852. The van der Waals surface area contributed by atoms with Crippen molar-refractivity contribution in [3.8, 4) is 11.3 Å². The summed E-state index contributed by atoms with van der Waals surface area (Å²) in [5.41, 5.74) is 2.89. The quantitative estimate of drug-likeness (QED) is 0.783. The molecule has 0 saturated carbocycles. The van der Waals surface area contributed by atoms with Gasteiger partial charge in [0.05, 0.1) is 11.2 Å². The predicted octanol–water partition coefficient (Wildman–Crippen LogP) is 3.51. The number of fused-ring (bicyclic) bond motifs is 1. The van der Waals surface area contributed by atoms with E-state index in [1.165, 1.54) is 0 Å².